The number of nitriles is 1. The zero-order chi connectivity index (χ0) is 24.1. The third-order valence-electron chi connectivity index (χ3n) is 7.61. The molecule has 2 unspecified atom stereocenters. The Bertz CT molecular complexity index is 1220. The minimum absolute atomic E-state index is 0.181. The number of anilines is 2. The monoisotopic (exact) mass is 476 g/mol. The zero-order valence-electron chi connectivity index (χ0n) is 19.7. The van der Waals surface area contributed by atoms with Crippen LogP contribution in [0, 0.1) is 23.1 Å². The summed E-state index contributed by atoms with van der Waals surface area (Å²) in [6, 6.07) is 5.95. The van der Waals surface area contributed by atoms with E-state index >= 15 is 4.39 Å². The van der Waals surface area contributed by atoms with Crippen molar-refractivity contribution in [3.05, 3.63) is 46.4 Å². The third-order valence-corrected chi connectivity index (χ3v) is 7.61. The lowest BCUT2D eigenvalue weighted by Gasteiger charge is -2.36. The second kappa shape index (κ2) is 8.68. The molecule has 4 atom stereocenters. The molecule has 0 radical (unpaired) electrons. The molecule has 4 aliphatic heterocycles. The van der Waals surface area contributed by atoms with Gasteiger partial charge < -0.3 is 25.6 Å². The maximum absolute atomic E-state index is 15.3. The Labute approximate surface area is 203 Å². The quantitative estimate of drug-likeness (QED) is 0.625. The van der Waals surface area contributed by atoms with E-state index in [-0.39, 0.29) is 18.9 Å². The number of halogens is 1. The minimum Gasteiger partial charge on any atom is -0.490 e. The fourth-order valence-corrected chi connectivity index (χ4v) is 5.87. The molecule has 35 heavy (non-hydrogen) atoms. The van der Waals surface area contributed by atoms with Crippen LogP contribution in [0.4, 0.5) is 15.9 Å². The molecule has 1 aromatic carbocycles. The van der Waals surface area contributed by atoms with Crippen molar-refractivity contribution >= 4 is 17.4 Å². The average molecular weight is 477 g/mol. The van der Waals surface area contributed by atoms with Crippen molar-refractivity contribution in [3.8, 4) is 11.8 Å². The first-order chi connectivity index (χ1) is 17.0. The summed E-state index contributed by atoms with van der Waals surface area (Å²) in [6.45, 7) is 4.72. The number of ether oxygens (including phenoxy) is 1. The molecule has 8 nitrogen and oxygen atoms in total. The Morgan fingerprint density at radius 2 is 2.09 bits per heavy atom. The summed E-state index contributed by atoms with van der Waals surface area (Å²) in [5.74, 6) is 0.964. The van der Waals surface area contributed by atoms with Crippen molar-refractivity contribution in [1.82, 2.24) is 15.6 Å². The number of amides is 1. The topological polar surface area (TPSA) is 102 Å². The number of benzene rings is 1. The Kier molecular flexibility index (Phi) is 5.49. The highest BCUT2D eigenvalue weighted by Crippen LogP contribution is 2.39. The number of nitrogens with zero attached hydrogens (tertiary/aromatic N) is 3. The van der Waals surface area contributed by atoms with Crippen LogP contribution in [0.3, 0.4) is 0 Å². The molecular weight excluding hydrogens is 447 g/mol. The molecule has 2 fully saturated rings. The van der Waals surface area contributed by atoms with Crippen molar-refractivity contribution < 1.29 is 13.9 Å². The largest absolute Gasteiger partial charge is 0.490 e. The molecule has 182 valence electrons. The second-order valence-electron chi connectivity index (χ2n) is 10.3. The summed E-state index contributed by atoms with van der Waals surface area (Å²) in [6.07, 6.45) is 4.91. The van der Waals surface area contributed by atoms with E-state index in [0.717, 1.165) is 50.3 Å². The maximum atomic E-state index is 15.3. The van der Waals surface area contributed by atoms with E-state index < -0.39 is 11.9 Å². The molecule has 2 bridgehead atoms. The van der Waals surface area contributed by atoms with E-state index in [0.29, 0.717) is 46.1 Å². The number of pyridine rings is 1. The fourth-order valence-electron chi connectivity index (χ4n) is 5.87. The van der Waals surface area contributed by atoms with E-state index in [2.05, 4.69) is 38.8 Å². The van der Waals surface area contributed by atoms with Crippen molar-refractivity contribution in [2.75, 3.05) is 36.5 Å². The van der Waals surface area contributed by atoms with Crippen LogP contribution in [0.2, 0.25) is 0 Å². The molecule has 2 saturated heterocycles. The van der Waals surface area contributed by atoms with Gasteiger partial charge in [0.25, 0.3) is 5.91 Å². The van der Waals surface area contributed by atoms with Gasteiger partial charge in [-0.2, -0.15) is 5.26 Å². The number of hydrogen-bond acceptors (Lipinski definition) is 7. The fraction of sp³-hybridized carbons (Fsp3) is 0.500. The molecule has 5 heterocycles. The summed E-state index contributed by atoms with van der Waals surface area (Å²) < 4.78 is 21.2. The summed E-state index contributed by atoms with van der Waals surface area (Å²) in [5.41, 5.74) is 2.84. The van der Waals surface area contributed by atoms with E-state index in [1.54, 1.807) is 6.20 Å². The van der Waals surface area contributed by atoms with Crippen LogP contribution < -0.4 is 25.6 Å². The van der Waals surface area contributed by atoms with Crippen LogP contribution in [-0.4, -0.2) is 55.3 Å². The SMILES string of the molecule is C[C@@H]1CNc2ncc(C(=O)N[C@H]3COc4c(C#N)c(N5CC6CCC(C5)N6)cc(F)c4C3)cc2C1. The summed E-state index contributed by atoms with van der Waals surface area (Å²) in [5, 5.41) is 19.8. The molecule has 0 spiro atoms. The van der Waals surface area contributed by atoms with Crippen LogP contribution in [0.1, 0.15) is 46.8 Å². The summed E-state index contributed by atoms with van der Waals surface area (Å²) >= 11 is 0. The van der Waals surface area contributed by atoms with Gasteiger partial charge in [0.1, 0.15) is 35.6 Å². The number of carbonyl (C=O) groups excluding carboxylic acids is 1. The molecule has 4 aliphatic rings. The molecule has 6 rings (SSSR count). The van der Waals surface area contributed by atoms with Crippen molar-refractivity contribution in [1.29, 1.82) is 5.26 Å². The molecule has 1 aromatic heterocycles. The Morgan fingerprint density at radius 3 is 2.86 bits per heavy atom. The first-order valence-corrected chi connectivity index (χ1v) is 12.4. The standard InChI is InChI=1S/C26H29FN6O2/c1-14-4-15-5-16(10-30-25(15)29-9-14)26(34)32-19-6-20-22(27)7-23(21(8-28)24(20)35-13-19)33-11-17-2-3-18(12-33)31-17/h5,7,10,14,17-19,31H,2-4,6,9,11-13H2,1H3,(H,29,30)(H,32,34)/t14-,17?,18?,19+/m0/s1. The molecule has 1 amide bonds. The van der Waals surface area contributed by atoms with Crippen LogP contribution in [0.25, 0.3) is 0 Å². The average Bonchev–Trinajstić information content (AvgIpc) is 3.20. The lowest BCUT2D eigenvalue weighted by molar-refractivity contribution is 0.0914. The van der Waals surface area contributed by atoms with Gasteiger partial charge in [0.15, 0.2) is 0 Å². The van der Waals surface area contributed by atoms with E-state index in [9.17, 15) is 10.1 Å². The van der Waals surface area contributed by atoms with E-state index in [1.807, 2.05) is 6.07 Å². The first-order valence-electron chi connectivity index (χ1n) is 12.4. The van der Waals surface area contributed by atoms with Crippen molar-refractivity contribution in [3.63, 3.8) is 0 Å². The van der Waals surface area contributed by atoms with Crippen LogP contribution >= 0.6 is 0 Å². The van der Waals surface area contributed by atoms with Gasteiger partial charge in [0.05, 0.1) is 17.3 Å². The number of carbonyl (C=O) groups is 1. The Balaban J connectivity index is 1.20. The highest BCUT2D eigenvalue weighted by Gasteiger charge is 2.36. The first kappa shape index (κ1) is 22.1. The highest BCUT2D eigenvalue weighted by molar-refractivity contribution is 5.94. The highest BCUT2D eigenvalue weighted by atomic mass is 19.1. The van der Waals surface area contributed by atoms with Crippen molar-refractivity contribution in [2.45, 2.75) is 50.7 Å². The zero-order valence-corrected chi connectivity index (χ0v) is 19.7. The van der Waals surface area contributed by atoms with Crippen LogP contribution in [-0.2, 0) is 12.8 Å². The lowest BCUT2D eigenvalue weighted by Crippen LogP contribution is -2.51. The number of rotatable bonds is 3. The predicted molar refractivity (Wildman–Crippen MR) is 129 cm³/mol. The maximum Gasteiger partial charge on any atom is 0.253 e. The van der Waals surface area contributed by atoms with Gasteiger partial charge >= 0.3 is 0 Å². The number of piperazine rings is 1. The van der Waals surface area contributed by atoms with Crippen LogP contribution in [0.5, 0.6) is 5.75 Å². The number of aromatic nitrogens is 1. The lowest BCUT2D eigenvalue weighted by atomic mass is 9.96. The predicted octanol–water partition coefficient (Wildman–Crippen LogP) is 2.37. The molecular formula is C26H29FN6O2. The second-order valence-corrected chi connectivity index (χ2v) is 10.3. The number of hydrogen-bond donors (Lipinski definition) is 3. The minimum atomic E-state index is -0.398. The van der Waals surface area contributed by atoms with Gasteiger partial charge in [-0.1, -0.05) is 6.92 Å². The third kappa shape index (κ3) is 4.06. The van der Waals surface area contributed by atoms with Gasteiger partial charge in [-0.3, -0.25) is 4.79 Å². The van der Waals surface area contributed by atoms with Gasteiger partial charge in [-0.25, -0.2) is 9.37 Å². The van der Waals surface area contributed by atoms with E-state index in [1.165, 1.54) is 6.07 Å². The van der Waals surface area contributed by atoms with Crippen LogP contribution in [0.15, 0.2) is 18.3 Å². The molecule has 0 aliphatic carbocycles. The van der Waals surface area contributed by atoms with E-state index in [4.69, 9.17) is 4.74 Å². The molecule has 9 heteroatoms. The Hall–Kier alpha value is -3.38. The smallest absolute Gasteiger partial charge is 0.253 e. The number of nitrogens with one attached hydrogen (secondary N) is 3. The molecule has 3 N–H and O–H groups in total. The number of fused-ring (bicyclic) bond motifs is 4. The summed E-state index contributed by atoms with van der Waals surface area (Å²) in [7, 11) is 0. The van der Waals surface area contributed by atoms with Gasteiger partial charge in [0.2, 0.25) is 0 Å². The van der Waals surface area contributed by atoms with Gasteiger partial charge in [0, 0.05) is 49.9 Å². The normalized spacial score (nSPS) is 26.6. The van der Waals surface area contributed by atoms with Gasteiger partial charge in [-0.15, -0.1) is 0 Å². The summed E-state index contributed by atoms with van der Waals surface area (Å²) in [4.78, 5) is 19.5. The van der Waals surface area contributed by atoms with Gasteiger partial charge in [-0.05, 0) is 42.9 Å². The Morgan fingerprint density at radius 1 is 1.29 bits per heavy atom. The molecule has 2 aromatic rings. The molecule has 0 saturated carbocycles. The van der Waals surface area contributed by atoms with Crippen molar-refractivity contribution in [2.24, 2.45) is 5.92 Å².